The van der Waals surface area contributed by atoms with Crippen molar-refractivity contribution in [1.82, 2.24) is 0 Å². The largest absolute Gasteiger partial charge is 1.00 e. The maximum absolute atomic E-state index is 8.74. The minimum absolute atomic E-state index is 0. The first kappa shape index (κ1) is 22.7. The maximum atomic E-state index is 8.74. The molecule has 0 unspecified atom stereocenters. The third-order valence-corrected chi connectivity index (χ3v) is 0. The third-order valence-electron chi connectivity index (χ3n) is 0. The fourth-order valence-corrected chi connectivity index (χ4v) is 0. The second-order valence-corrected chi connectivity index (χ2v) is 1.34. The van der Waals surface area contributed by atoms with E-state index in [0.717, 1.165) is 0 Å². The zero-order chi connectivity index (χ0) is 4.50. The molecule has 0 spiro atoms. The van der Waals surface area contributed by atoms with Crippen LogP contribution in [0.2, 0.25) is 0 Å². The fraction of sp³-hybridized carbons (Fsp3) is 0. The smallest absolute Gasteiger partial charge is 1.00 e. The van der Waals surface area contributed by atoms with Crippen LogP contribution in [-0.4, -0.2) is 17.5 Å². The van der Waals surface area contributed by atoms with E-state index in [1.807, 2.05) is 0 Å². The van der Waals surface area contributed by atoms with Crippen molar-refractivity contribution >= 4 is 10.4 Å². The Balaban J connectivity index is -0.0000000133. The van der Waals surface area contributed by atoms with Gasteiger partial charge in [-0.25, -0.2) is 0 Å². The fourth-order valence-electron chi connectivity index (χ4n) is 0. The van der Waals surface area contributed by atoms with Crippen molar-refractivity contribution in [2.24, 2.45) is 0 Å². The van der Waals surface area contributed by atoms with Crippen LogP contribution in [0.15, 0.2) is 0 Å². The molecule has 2 N–H and O–H groups in total. The molecule has 0 atom stereocenters. The Morgan fingerprint density at radius 3 is 1.25 bits per heavy atom. The van der Waals surface area contributed by atoms with Gasteiger partial charge in [0.15, 0.2) is 0 Å². The van der Waals surface area contributed by atoms with E-state index in [2.05, 4.69) is 0 Å². The molecule has 0 fully saturated rings. The Morgan fingerprint density at radius 2 is 1.25 bits per heavy atom. The molecule has 0 aromatic carbocycles. The summed E-state index contributed by atoms with van der Waals surface area (Å²) in [5.41, 5.74) is 0. The second-order valence-electron chi connectivity index (χ2n) is 0.448. The van der Waals surface area contributed by atoms with Crippen LogP contribution in [0.25, 0.3) is 0 Å². The van der Waals surface area contributed by atoms with Crippen molar-refractivity contribution in [2.75, 3.05) is 0 Å². The first-order valence-electron chi connectivity index (χ1n) is 0.698. The van der Waals surface area contributed by atoms with E-state index in [9.17, 15) is 0 Å². The van der Waals surface area contributed by atoms with Gasteiger partial charge >= 0.3 is 29.3 Å². The summed E-state index contributed by atoms with van der Waals surface area (Å²) in [4.78, 5) is 0. The van der Waals surface area contributed by atoms with Gasteiger partial charge < -0.3 is 1.43 Å². The average Bonchev–Trinajstić information content (AvgIpc) is 0.722. The maximum Gasteiger partial charge on any atom is 1.00 e. The molecular weight excluding hydrogens is 221 g/mol. The van der Waals surface area contributed by atoms with Crippen LogP contribution in [-0.2, 0) is 43.7 Å². The Labute approximate surface area is 81.2 Å². The summed E-state index contributed by atoms with van der Waals surface area (Å²) in [5, 5.41) is 0. The van der Waals surface area contributed by atoms with E-state index < -0.39 is 10.4 Å². The van der Waals surface area contributed by atoms with Gasteiger partial charge in [-0.15, -0.1) is 0 Å². The molecule has 0 saturated carbocycles. The first-order chi connectivity index (χ1) is 2.00. The molecule has 53 valence electrons. The molecule has 8 heteroatoms. The average molecular weight is 224 g/mol. The molecule has 0 heterocycles. The van der Waals surface area contributed by atoms with Gasteiger partial charge in [-0.3, -0.25) is 9.11 Å². The Kier molecular flexibility index (Phi) is 24.0. The zero-order valence-corrected chi connectivity index (χ0v) is 6.61. The summed E-state index contributed by atoms with van der Waals surface area (Å²) < 4.78 is 31.6. The standard InChI is InChI=1S/Co.Li.Ni.H2O4S.H/c;;;1-5(2,3)4;/h;;;(H2,1,2,3,4);/q;+1;;;-1. The van der Waals surface area contributed by atoms with Crippen molar-refractivity contribution < 1.29 is 71.1 Å². The summed E-state index contributed by atoms with van der Waals surface area (Å²) in [6.07, 6.45) is 0. The van der Waals surface area contributed by atoms with Crippen LogP contribution in [0.3, 0.4) is 0 Å². The summed E-state index contributed by atoms with van der Waals surface area (Å²) in [5.74, 6) is 0. The van der Waals surface area contributed by atoms with Gasteiger partial charge in [-0.1, -0.05) is 0 Å². The molecule has 0 aliphatic heterocycles. The summed E-state index contributed by atoms with van der Waals surface area (Å²) in [6, 6.07) is 0. The van der Waals surface area contributed by atoms with Gasteiger partial charge in [0.25, 0.3) is 0 Å². The van der Waals surface area contributed by atoms with E-state index in [-0.39, 0.29) is 53.6 Å². The van der Waals surface area contributed by atoms with Gasteiger partial charge in [0.2, 0.25) is 0 Å². The van der Waals surface area contributed by atoms with E-state index in [1.54, 1.807) is 0 Å². The molecule has 1 radical (unpaired) electrons. The van der Waals surface area contributed by atoms with Gasteiger partial charge in [-0.2, -0.15) is 8.42 Å². The van der Waals surface area contributed by atoms with Gasteiger partial charge in [0, 0.05) is 33.3 Å². The molecule has 0 aliphatic rings. The molecule has 4 nitrogen and oxygen atoms in total. The monoisotopic (exact) mass is 223 g/mol. The van der Waals surface area contributed by atoms with E-state index in [0.29, 0.717) is 0 Å². The predicted octanol–water partition coefficient (Wildman–Crippen LogP) is -3.54. The van der Waals surface area contributed by atoms with E-state index in [4.69, 9.17) is 17.5 Å². The molecule has 0 amide bonds. The topological polar surface area (TPSA) is 74.6 Å². The molecular formula is H3CoLiNiO4S. The second kappa shape index (κ2) is 8.47. The Morgan fingerprint density at radius 1 is 1.25 bits per heavy atom. The number of hydrogen-bond acceptors (Lipinski definition) is 2. The van der Waals surface area contributed by atoms with Crippen molar-refractivity contribution in [3.05, 3.63) is 0 Å². The van der Waals surface area contributed by atoms with Crippen LogP contribution in [0.1, 0.15) is 1.43 Å². The number of rotatable bonds is 0. The normalized spacial score (nSPS) is 7.25. The quantitative estimate of drug-likeness (QED) is 0.330. The van der Waals surface area contributed by atoms with Crippen molar-refractivity contribution in [3.63, 3.8) is 0 Å². The minimum Gasteiger partial charge on any atom is -1.00 e. The zero-order valence-electron chi connectivity index (χ0n) is 4.77. The van der Waals surface area contributed by atoms with E-state index in [1.165, 1.54) is 0 Å². The van der Waals surface area contributed by atoms with Crippen molar-refractivity contribution in [2.45, 2.75) is 0 Å². The first-order valence-corrected chi connectivity index (χ1v) is 2.10. The molecule has 0 bridgehead atoms. The molecule has 0 aromatic rings. The summed E-state index contributed by atoms with van der Waals surface area (Å²) in [6.45, 7) is 0. The molecule has 0 aliphatic carbocycles. The van der Waals surface area contributed by atoms with Crippen molar-refractivity contribution in [1.29, 1.82) is 0 Å². The molecule has 0 aromatic heterocycles. The Hall–Kier alpha value is 1.47. The van der Waals surface area contributed by atoms with E-state index >= 15 is 0 Å². The van der Waals surface area contributed by atoms with Crippen LogP contribution in [0.5, 0.6) is 0 Å². The van der Waals surface area contributed by atoms with Gasteiger partial charge in [-0.05, 0) is 0 Å². The Bertz CT molecular complexity index is 104. The SMILES string of the molecule is O=S(=O)(O)O.[Co].[H-].[Li+].[Ni]. The minimum atomic E-state index is -4.67. The molecule has 0 rings (SSSR count). The summed E-state index contributed by atoms with van der Waals surface area (Å²) in [7, 11) is -4.67. The molecule has 0 saturated heterocycles. The van der Waals surface area contributed by atoms with Gasteiger partial charge in [0.05, 0.1) is 0 Å². The third kappa shape index (κ3) is 145. The van der Waals surface area contributed by atoms with Crippen LogP contribution in [0.4, 0.5) is 0 Å². The number of hydrogen-bond donors (Lipinski definition) is 2. The van der Waals surface area contributed by atoms with Crippen LogP contribution in [0, 0.1) is 0 Å². The molecule has 8 heavy (non-hydrogen) atoms. The van der Waals surface area contributed by atoms with Crippen LogP contribution >= 0.6 is 0 Å². The van der Waals surface area contributed by atoms with Crippen LogP contribution < -0.4 is 18.9 Å². The summed E-state index contributed by atoms with van der Waals surface area (Å²) >= 11 is 0. The van der Waals surface area contributed by atoms with Crippen molar-refractivity contribution in [3.8, 4) is 0 Å². The predicted molar refractivity (Wildman–Crippen MR) is 15.3 cm³/mol. The van der Waals surface area contributed by atoms with Gasteiger partial charge in [0.1, 0.15) is 0 Å².